The molecular weight excluding hydrogens is 408 g/mol. The number of ether oxygens (including phenoxy) is 1. The average molecular weight is 426 g/mol. The first-order valence-electron chi connectivity index (χ1n) is 8.34. The molecule has 1 aromatic heterocycles. The van der Waals surface area contributed by atoms with Crippen molar-refractivity contribution in [2.24, 2.45) is 0 Å². The van der Waals surface area contributed by atoms with Crippen LogP contribution in [0.5, 0.6) is 0 Å². The Morgan fingerprint density at radius 1 is 1.11 bits per heavy atom. The second-order valence-electron chi connectivity index (χ2n) is 5.81. The average Bonchev–Trinajstić information content (AvgIpc) is 3.04. The first-order chi connectivity index (χ1) is 13.1. The Kier molecular flexibility index (Phi) is 7.13. The molecule has 142 valence electrons. The minimum Gasteiger partial charge on any atom is -0.385 e. The normalized spacial score (nSPS) is 11.1. The smallest absolute Gasteiger partial charge is 0.191 e. The fourth-order valence-electron chi connectivity index (χ4n) is 2.59. The van der Waals surface area contributed by atoms with Gasteiger partial charge in [0.25, 0.3) is 0 Å². The zero-order valence-electron chi connectivity index (χ0n) is 14.7. The number of hydrogen-bond acceptors (Lipinski definition) is 4. The molecule has 0 saturated heterocycles. The molecule has 0 aliphatic heterocycles. The van der Waals surface area contributed by atoms with Gasteiger partial charge < -0.3 is 9.30 Å². The number of aromatic nitrogens is 3. The molecule has 2 aromatic carbocycles. The van der Waals surface area contributed by atoms with E-state index in [0.717, 1.165) is 22.7 Å². The number of halogens is 3. The molecule has 0 amide bonds. The SMILES string of the molecule is COCCCn1c(SCc2ccc(F)cc2Cl)nnc1-c1ccccc1Cl. The molecule has 4 nitrogen and oxygen atoms in total. The second-order valence-corrected chi connectivity index (χ2v) is 7.57. The van der Waals surface area contributed by atoms with E-state index in [1.807, 2.05) is 28.8 Å². The van der Waals surface area contributed by atoms with Gasteiger partial charge in [0.15, 0.2) is 11.0 Å². The molecule has 0 radical (unpaired) electrons. The van der Waals surface area contributed by atoms with Gasteiger partial charge in [-0.15, -0.1) is 10.2 Å². The van der Waals surface area contributed by atoms with Crippen LogP contribution >= 0.6 is 35.0 Å². The minimum absolute atomic E-state index is 0.350. The van der Waals surface area contributed by atoms with Crippen molar-refractivity contribution in [3.8, 4) is 11.4 Å². The first kappa shape index (κ1) is 20.1. The first-order valence-corrected chi connectivity index (χ1v) is 10.1. The van der Waals surface area contributed by atoms with E-state index in [4.69, 9.17) is 27.9 Å². The van der Waals surface area contributed by atoms with Gasteiger partial charge in [0.2, 0.25) is 0 Å². The predicted octanol–water partition coefficient (Wildman–Crippen LogP) is 5.72. The Balaban J connectivity index is 1.86. The van der Waals surface area contributed by atoms with Crippen LogP contribution in [-0.2, 0) is 17.0 Å². The van der Waals surface area contributed by atoms with Crippen LogP contribution in [0.1, 0.15) is 12.0 Å². The lowest BCUT2D eigenvalue weighted by Gasteiger charge is -2.11. The molecule has 0 fully saturated rings. The number of methoxy groups -OCH3 is 1. The van der Waals surface area contributed by atoms with Crippen molar-refractivity contribution < 1.29 is 9.13 Å². The number of benzene rings is 2. The third kappa shape index (κ3) is 5.02. The maximum Gasteiger partial charge on any atom is 0.191 e. The van der Waals surface area contributed by atoms with Gasteiger partial charge in [-0.05, 0) is 36.2 Å². The molecule has 3 aromatic rings. The van der Waals surface area contributed by atoms with Crippen LogP contribution in [0.15, 0.2) is 47.6 Å². The Morgan fingerprint density at radius 2 is 1.93 bits per heavy atom. The summed E-state index contributed by atoms with van der Waals surface area (Å²) in [6.07, 6.45) is 0.816. The number of nitrogens with zero attached hydrogens (tertiary/aromatic N) is 3. The van der Waals surface area contributed by atoms with Gasteiger partial charge in [0, 0.05) is 36.6 Å². The van der Waals surface area contributed by atoms with Crippen molar-refractivity contribution in [1.29, 1.82) is 0 Å². The van der Waals surface area contributed by atoms with Crippen LogP contribution in [0, 0.1) is 5.82 Å². The lowest BCUT2D eigenvalue weighted by atomic mass is 10.2. The fraction of sp³-hybridized carbons (Fsp3) is 0.263. The van der Waals surface area contributed by atoms with Crippen molar-refractivity contribution in [3.63, 3.8) is 0 Å². The molecule has 0 atom stereocenters. The van der Waals surface area contributed by atoms with Crippen molar-refractivity contribution in [3.05, 3.63) is 63.9 Å². The van der Waals surface area contributed by atoms with Crippen LogP contribution in [0.2, 0.25) is 10.0 Å². The van der Waals surface area contributed by atoms with E-state index < -0.39 is 0 Å². The standard InChI is InChI=1S/C19H18Cl2FN3OS/c1-26-10-4-9-25-18(15-5-2-3-6-16(15)20)23-24-19(25)27-12-13-7-8-14(22)11-17(13)21/h2-3,5-8,11H,4,9-10,12H2,1H3. The highest BCUT2D eigenvalue weighted by molar-refractivity contribution is 7.98. The highest BCUT2D eigenvalue weighted by Gasteiger charge is 2.17. The van der Waals surface area contributed by atoms with Crippen molar-refractivity contribution in [2.75, 3.05) is 13.7 Å². The molecule has 3 rings (SSSR count). The molecule has 0 bridgehead atoms. The third-order valence-corrected chi connectivity index (χ3v) is 5.63. The van der Waals surface area contributed by atoms with Crippen LogP contribution in [0.4, 0.5) is 4.39 Å². The molecule has 0 saturated carbocycles. The van der Waals surface area contributed by atoms with Gasteiger partial charge in [-0.3, -0.25) is 0 Å². The summed E-state index contributed by atoms with van der Waals surface area (Å²) in [5.41, 5.74) is 1.67. The van der Waals surface area contributed by atoms with E-state index in [0.29, 0.717) is 34.8 Å². The summed E-state index contributed by atoms with van der Waals surface area (Å²) in [5.74, 6) is 0.922. The lowest BCUT2D eigenvalue weighted by Crippen LogP contribution is -2.05. The Hall–Kier alpha value is -1.60. The van der Waals surface area contributed by atoms with Crippen LogP contribution < -0.4 is 0 Å². The zero-order chi connectivity index (χ0) is 19.2. The van der Waals surface area contributed by atoms with Crippen LogP contribution in [0.3, 0.4) is 0 Å². The minimum atomic E-state index is -0.350. The number of hydrogen-bond donors (Lipinski definition) is 0. The van der Waals surface area contributed by atoms with Gasteiger partial charge in [-0.1, -0.05) is 53.2 Å². The molecule has 1 heterocycles. The maximum atomic E-state index is 13.2. The zero-order valence-corrected chi connectivity index (χ0v) is 17.0. The highest BCUT2D eigenvalue weighted by Crippen LogP contribution is 2.31. The summed E-state index contributed by atoms with van der Waals surface area (Å²) < 4.78 is 20.4. The summed E-state index contributed by atoms with van der Waals surface area (Å²) in [6.45, 7) is 1.33. The maximum absolute atomic E-state index is 13.2. The largest absolute Gasteiger partial charge is 0.385 e. The Bertz CT molecular complexity index is 920. The lowest BCUT2D eigenvalue weighted by molar-refractivity contribution is 0.189. The van der Waals surface area contributed by atoms with E-state index in [9.17, 15) is 4.39 Å². The third-order valence-electron chi connectivity index (χ3n) is 3.93. The van der Waals surface area contributed by atoms with Gasteiger partial charge in [0.1, 0.15) is 5.82 Å². The van der Waals surface area contributed by atoms with Crippen LogP contribution in [-0.4, -0.2) is 28.5 Å². The molecule has 0 aliphatic carbocycles. The van der Waals surface area contributed by atoms with E-state index >= 15 is 0 Å². The summed E-state index contributed by atoms with van der Waals surface area (Å²) in [5, 5.41) is 10.5. The Labute approximate surface area is 171 Å². The van der Waals surface area contributed by atoms with E-state index in [1.54, 1.807) is 13.2 Å². The van der Waals surface area contributed by atoms with Crippen molar-refractivity contribution in [1.82, 2.24) is 14.8 Å². The Morgan fingerprint density at radius 3 is 2.67 bits per heavy atom. The van der Waals surface area contributed by atoms with Crippen LogP contribution in [0.25, 0.3) is 11.4 Å². The van der Waals surface area contributed by atoms with Crippen molar-refractivity contribution >= 4 is 35.0 Å². The predicted molar refractivity (Wildman–Crippen MR) is 108 cm³/mol. The molecule has 0 N–H and O–H groups in total. The van der Waals surface area contributed by atoms with Gasteiger partial charge in [-0.2, -0.15) is 0 Å². The van der Waals surface area contributed by atoms with E-state index in [2.05, 4.69) is 10.2 Å². The molecule has 0 aliphatic rings. The number of thioether (sulfide) groups is 1. The quantitative estimate of drug-likeness (QED) is 0.341. The molecule has 0 spiro atoms. The topological polar surface area (TPSA) is 39.9 Å². The van der Waals surface area contributed by atoms with E-state index in [1.165, 1.54) is 23.9 Å². The van der Waals surface area contributed by atoms with E-state index in [-0.39, 0.29) is 5.82 Å². The highest BCUT2D eigenvalue weighted by atomic mass is 35.5. The van der Waals surface area contributed by atoms with Gasteiger partial charge >= 0.3 is 0 Å². The second kappa shape index (κ2) is 9.55. The molecular formula is C19H18Cl2FN3OS. The monoisotopic (exact) mass is 425 g/mol. The summed E-state index contributed by atoms with van der Waals surface area (Å²) in [4.78, 5) is 0. The summed E-state index contributed by atoms with van der Waals surface area (Å²) in [7, 11) is 1.67. The fourth-order valence-corrected chi connectivity index (χ4v) is 4.09. The van der Waals surface area contributed by atoms with Crippen molar-refractivity contribution in [2.45, 2.75) is 23.9 Å². The molecule has 8 heteroatoms. The molecule has 27 heavy (non-hydrogen) atoms. The van der Waals surface area contributed by atoms with Gasteiger partial charge in [0.05, 0.1) is 5.02 Å². The summed E-state index contributed by atoms with van der Waals surface area (Å²) in [6, 6.07) is 12.0. The number of rotatable bonds is 8. The molecule has 0 unspecified atom stereocenters. The van der Waals surface area contributed by atoms with Gasteiger partial charge in [-0.25, -0.2) is 4.39 Å². The summed E-state index contributed by atoms with van der Waals surface area (Å²) >= 11 is 14.0.